The summed E-state index contributed by atoms with van der Waals surface area (Å²) in [6, 6.07) is 10.5. The molecule has 0 spiro atoms. The molecule has 0 amide bonds. The maximum Gasteiger partial charge on any atom is 0.317 e. The third-order valence-electron chi connectivity index (χ3n) is 3.83. The largest absolute Gasteiger partial charge is 0.480 e. The molecule has 1 fully saturated rings. The van der Waals surface area contributed by atoms with Gasteiger partial charge in [0.05, 0.1) is 6.54 Å². The van der Waals surface area contributed by atoms with Crippen molar-refractivity contribution in [1.29, 1.82) is 0 Å². The van der Waals surface area contributed by atoms with Crippen LogP contribution in [0.3, 0.4) is 0 Å². The normalized spacial score (nSPS) is 20.2. The maximum atomic E-state index is 10.8. The molecule has 0 unspecified atom stereocenters. The van der Waals surface area contributed by atoms with Gasteiger partial charge >= 0.3 is 5.97 Å². The van der Waals surface area contributed by atoms with Gasteiger partial charge in [-0.2, -0.15) is 0 Å². The Morgan fingerprint density at radius 1 is 1.40 bits per heavy atom. The highest BCUT2D eigenvalue weighted by Gasteiger charge is 2.22. The van der Waals surface area contributed by atoms with Crippen molar-refractivity contribution in [2.24, 2.45) is 5.92 Å². The van der Waals surface area contributed by atoms with E-state index in [1.54, 1.807) is 0 Å². The van der Waals surface area contributed by atoms with Crippen LogP contribution in [-0.2, 0) is 11.3 Å². The Bertz CT molecular complexity index is 422. The molecule has 1 saturated heterocycles. The second-order valence-electron chi connectivity index (χ2n) is 5.82. The second kappa shape index (κ2) is 7.41. The molecule has 1 N–H and O–H groups in total. The van der Waals surface area contributed by atoms with Gasteiger partial charge in [0, 0.05) is 19.6 Å². The number of likely N-dealkylation sites (tertiary alicyclic amines) is 1. The monoisotopic (exact) mass is 276 g/mol. The number of piperidine rings is 1. The molecule has 1 atom stereocenters. The van der Waals surface area contributed by atoms with Crippen molar-refractivity contribution in [3.63, 3.8) is 0 Å². The van der Waals surface area contributed by atoms with Crippen LogP contribution in [-0.4, -0.2) is 54.1 Å². The van der Waals surface area contributed by atoms with Gasteiger partial charge in [0.25, 0.3) is 0 Å². The second-order valence-corrected chi connectivity index (χ2v) is 5.82. The fraction of sp³-hybridized carbons (Fsp3) is 0.562. The van der Waals surface area contributed by atoms with Crippen molar-refractivity contribution in [3.05, 3.63) is 35.9 Å². The minimum Gasteiger partial charge on any atom is -0.480 e. The topological polar surface area (TPSA) is 43.8 Å². The Morgan fingerprint density at radius 3 is 2.85 bits per heavy atom. The molecule has 110 valence electrons. The van der Waals surface area contributed by atoms with E-state index in [0.717, 1.165) is 32.6 Å². The minimum absolute atomic E-state index is 0.179. The zero-order valence-corrected chi connectivity index (χ0v) is 12.2. The first-order valence-corrected chi connectivity index (χ1v) is 7.30. The van der Waals surface area contributed by atoms with Crippen molar-refractivity contribution < 1.29 is 9.90 Å². The fourth-order valence-corrected chi connectivity index (χ4v) is 3.04. The number of carboxylic acid groups (broad SMARTS) is 1. The summed E-state index contributed by atoms with van der Waals surface area (Å²) in [4.78, 5) is 15.2. The Kier molecular flexibility index (Phi) is 5.56. The minimum atomic E-state index is -0.719. The highest BCUT2D eigenvalue weighted by molar-refractivity contribution is 5.69. The predicted molar refractivity (Wildman–Crippen MR) is 79.6 cm³/mol. The van der Waals surface area contributed by atoms with Crippen molar-refractivity contribution in [2.75, 3.05) is 33.2 Å². The standard InChI is InChI=1S/C16H24N2O2/c1-17(10-14-6-3-2-4-7-14)11-15-8-5-9-18(12-15)13-16(19)20/h2-4,6-7,15H,5,8-13H2,1H3,(H,19,20)/t15-/m0/s1. The number of hydrogen-bond acceptors (Lipinski definition) is 3. The number of benzene rings is 1. The summed E-state index contributed by atoms with van der Waals surface area (Å²) < 4.78 is 0. The van der Waals surface area contributed by atoms with Crippen LogP contribution in [0.15, 0.2) is 30.3 Å². The summed E-state index contributed by atoms with van der Waals surface area (Å²) in [6.07, 6.45) is 2.31. The van der Waals surface area contributed by atoms with Crippen LogP contribution >= 0.6 is 0 Å². The molecular formula is C16H24N2O2. The summed E-state index contributed by atoms with van der Waals surface area (Å²) in [6.45, 7) is 4.00. The maximum absolute atomic E-state index is 10.8. The van der Waals surface area contributed by atoms with E-state index < -0.39 is 5.97 Å². The van der Waals surface area contributed by atoms with Crippen molar-refractivity contribution in [1.82, 2.24) is 9.80 Å². The molecule has 0 aromatic heterocycles. The Labute approximate surface area is 121 Å². The smallest absolute Gasteiger partial charge is 0.317 e. The molecule has 0 bridgehead atoms. The molecule has 1 aliphatic rings. The highest BCUT2D eigenvalue weighted by atomic mass is 16.4. The van der Waals surface area contributed by atoms with E-state index >= 15 is 0 Å². The van der Waals surface area contributed by atoms with Gasteiger partial charge in [0.1, 0.15) is 0 Å². The van der Waals surface area contributed by atoms with Crippen LogP contribution in [0.2, 0.25) is 0 Å². The van der Waals surface area contributed by atoms with Gasteiger partial charge in [-0.05, 0) is 37.9 Å². The summed E-state index contributed by atoms with van der Waals surface area (Å²) in [5.74, 6) is -0.139. The van der Waals surface area contributed by atoms with E-state index in [9.17, 15) is 4.79 Å². The predicted octanol–water partition coefficient (Wildman–Crippen LogP) is 1.91. The van der Waals surface area contributed by atoms with Gasteiger partial charge in [0.2, 0.25) is 0 Å². The first-order valence-electron chi connectivity index (χ1n) is 7.30. The Balaban J connectivity index is 1.78. The molecular weight excluding hydrogens is 252 g/mol. The van der Waals surface area contributed by atoms with Gasteiger partial charge in [-0.25, -0.2) is 0 Å². The average Bonchev–Trinajstić information content (AvgIpc) is 2.39. The first kappa shape index (κ1) is 15.0. The molecule has 1 aromatic carbocycles. The molecule has 1 aromatic rings. The van der Waals surface area contributed by atoms with E-state index in [1.807, 2.05) is 6.07 Å². The van der Waals surface area contributed by atoms with E-state index in [4.69, 9.17) is 5.11 Å². The number of nitrogens with zero attached hydrogens (tertiary/aromatic N) is 2. The lowest BCUT2D eigenvalue weighted by molar-refractivity contribution is -0.138. The SMILES string of the molecule is CN(Cc1ccccc1)C[C@@H]1CCCN(CC(=O)O)C1. The van der Waals surface area contributed by atoms with E-state index in [2.05, 4.69) is 41.1 Å². The molecule has 0 radical (unpaired) electrons. The average molecular weight is 276 g/mol. The van der Waals surface area contributed by atoms with Gasteiger partial charge in [0.15, 0.2) is 0 Å². The lowest BCUT2D eigenvalue weighted by atomic mass is 9.97. The summed E-state index contributed by atoms with van der Waals surface area (Å²) >= 11 is 0. The third-order valence-corrected chi connectivity index (χ3v) is 3.83. The molecule has 4 nitrogen and oxygen atoms in total. The van der Waals surface area contributed by atoms with E-state index in [0.29, 0.717) is 5.92 Å². The van der Waals surface area contributed by atoms with Gasteiger partial charge in [-0.3, -0.25) is 9.69 Å². The van der Waals surface area contributed by atoms with E-state index in [1.165, 1.54) is 12.0 Å². The summed E-state index contributed by atoms with van der Waals surface area (Å²) in [5.41, 5.74) is 1.33. The molecule has 4 heteroatoms. The number of hydrogen-bond donors (Lipinski definition) is 1. The number of rotatable bonds is 6. The lowest BCUT2D eigenvalue weighted by Crippen LogP contribution is -2.42. The van der Waals surface area contributed by atoms with Crippen LogP contribution in [0.25, 0.3) is 0 Å². The lowest BCUT2D eigenvalue weighted by Gasteiger charge is -2.33. The van der Waals surface area contributed by atoms with E-state index in [-0.39, 0.29) is 6.54 Å². The van der Waals surface area contributed by atoms with Crippen LogP contribution in [0, 0.1) is 5.92 Å². The van der Waals surface area contributed by atoms with Crippen molar-refractivity contribution >= 4 is 5.97 Å². The van der Waals surface area contributed by atoms with Gasteiger partial charge < -0.3 is 10.0 Å². The fourth-order valence-electron chi connectivity index (χ4n) is 3.04. The molecule has 1 heterocycles. The molecule has 1 aliphatic heterocycles. The molecule has 20 heavy (non-hydrogen) atoms. The van der Waals surface area contributed by atoms with Crippen LogP contribution < -0.4 is 0 Å². The molecule has 0 saturated carbocycles. The van der Waals surface area contributed by atoms with Crippen LogP contribution in [0.4, 0.5) is 0 Å². The quantitative estimate of drug-likeness (QED) is 0.862. The molecule has 2 rings (SSSR count). The summed E-state index contributed by atoms with van der Waals surface area (Å²) in [7, 11) is 2.14. The Hall–Kier alpha value is -1.39. The first-order chi connectivity index (χ1) is 9.63. The number of aliphatic carboxylic acids is 1. The zero-order chi connectivity index (χ0) is 14.4. The Morgan fingerprint density at radius 2 is 2.15 bits per heavy atom. The van der Waals surface area contributed by atoms with Crippen LogP contribution in [0.5, 0.6) is 0 Å². The van der Waals surface area contributed by atoms with Gasteiger partial charge in [-0.1, -0.05) is 30.3 Å². The number of carboxylic acids is 1. The number of carbonyl (C=O) groups is 1. The van der Waals surface area contributed by atoms with Crippen molar-refractivity contribution in [3.8, 4) is 0 Å². The highest BCUT2D eigenvalue weighted by Crippen LogP contribution is 2.17. The van der Waals surface area contributed by atoms with Crippen molar-refractivity contribution in [2.45, 2.75) is 19.4 Å². The molecule has 0 aliphatic carbocycles. The third kappa shape index (κ3) is 4.94. The van der Waals surface area contributed by atoms with Gasteiger partial charge in [-0.15, -0.1) is 0 Å². The van der Waals surface area contributed by atoms with Crippen LogP contribution in [0.1, 0.15) is 18.4 Å². The summed E-state index contributed by atoms with van der Waals surface area (Å²) in [5, 5.41) is 8.88. The zero-order valence-electron chi connectivity index (χ0n) is 12.2.